The minimum absolute atomic E-state index is 0.0649. The highest BCUT2D eigenvalue weighted by atomic mass is 32.2. The smallest absolute Gasteiger partial charge is 0.243 e. The number of nitrogens with zero attached hydrogens (tertiary/aromatic N) is 2. The van der Waals surface area contributed by atoms with Crippen LogP contribution in [0.25, 0.3) is 10.2 Å². The van der Waals surface area contributed by atoms with Gasteiger partial charge in [-0.2, -0.15) is 0 Å². The molecule has 1 saturated carbocycles. The van der Waals surface area contributed by atoms with Crippen LogP contribution in [0.4, 0.5) is 0 Å². The van der Waals surface area contributed by atoms with Crippen molar-refractivity contribution in [2.75, 3.05) is 19.3 Å². The number of amides is 3. The van der Waals surface area contributed by atoms with Crippen molar-refractivity contribution in [2.24, 2.45) is 28.6 Å². The van der Waals surface area contributed by atoms with Crippen LogP contribution in [-0.2, 0) is 24.4 Å². The van der Waals surface area contributed by atoms with Crippen LogP contribution in [0.1, 0.15) is 57.3 Å². The largest absolute Gasteiger partial charge is 0.356 e. The van der Waals surface area contributed by atoms with Gasteiger partial charge in [0.25, 0.3) is 0 Å². The van der Waals surface area contributed by atoms with Crippen LogP contribution in [0.5, 0.6) is 0 Å². The van der Waals surface area contributed by atoms with Gasteiger partial charge in [-0.1, -0.05) is 46.8 Å². The first kappa shape index (κ1) is 30.6. The molecule has 2 saturated heterocycles. The summed E-state index contributed by atoms with van der Waals surface area (Å²) in [7, 11) is -3.72. The van der Waals surface area contributed by atoms with Crippen LogP contribution < -0.4 is 15.4 Å². The molecule has 0 bridgehead atoms. The maximum Gasteiger partial charge on any atom is 0.243 e. The molecule has 6 atom stereocenters. The average molecular weight is 618 g/mol. The van der Waals surface area contributed by atoms with Gasteiger partial charge >= 0.3 is 0 Å². The van der Waals surface area contributed by atoms with Gasteiger partial charge in [-0.15, -0.1) is 11.3 Å². The number of para-hydroxylation sites is 1. The molecule has 1 aromatic carbocycles. The van der Waals surface area contributed by atoms with Gasteiger partial charge in [0, 0.05) is 19.0 Å². The third kappa shape index (κ3) is 5.83. The Bertz CT molecular complexity index is 1510. The Morgan fingerprint density at radius 2 is 1.90 bits per heavy atom. The van der Waals surface area contributed by atoms with Gasteiger partial charge in [-0.25, -0.2) is 18.1 Å². The Labute approximate surface area is 250 Å². The van der Waals surface area contributed by atoms with Crippen molar-refractivity contribution in [1.82, 2.24) is 25.2 Å². The summed E-state index contributed by atoms with van der Waals surface area (Å²) in [6.45, 7) is 10.2. The Morgan fingerprint density at radius 3 is 2.50 bits per heavy atom. The van der Waals surface area contributed by atoms with Gasteiger partial charge in [0.15, 0.2) is 5.01 Å². The highest BCUT2D eigenvalue weighted by Gasteiger charge is 2.70. The number of benzene rings is 1. The van der Waals surface area contributed by atoms with Gasteiger partial charge in [0.2, 0.25) is 33.5 Å². The van der Waals surface area contributed by atoms with Crippen molar-refractivity contribution < 1.29 is 27.6 Å². The summed E-state index contributed by atoms with van der Waals surface area (Å²) in [5.74, 6) is -2.01. The second-order valence-electron chi connectivity index (χ2n) is 13.5. The van der Waals surface area contributed by atoms with E-state index < -0.39 is 51.3 Å². The molecule has 5 rings (SSSR count). The zero-order valence-corrected chi connectivity index (χ0v) is 26.4. The van der Waals surface area contributed by atoms with Gasteiger partial charge in [-0.3, -0.25) is 19.2 Å². The summed E-state index contributed by atoms with van der Waals surface area (Å²) in [5.41, 5.74) is -0.278. The fraction of sp³-hybridized carbons (Fsp3) is 0.621. The van der Waals surface area contributed by atoms with Crippen molar-refractivity contribution >= 4 is 55.1 Å². The van der Waals surface area contributed by atoms with Gasteiger partial charge in [0.05, 0.1) is 22.5 Å². The number of nitrogens with one attached hydrogen (secondary N) is 3. The first-order valence-electron chi connectivity index (χ1n) is 14.2. The lowest BCUT2D eigenvalue weighted by Gasteiger charge is -2.37. The first-order valence-corrected chi connectivity index (χ1v) is 17.0. The molecule has 3 amide bonds. The van der Waals surface area contributed by atoms with E-state index in [9.17, 15) is 27.6 Å². The van der Waals surface area contributed by atoms with Gasteiger partial charge in [0.1, 0.15) is 12.1 Å². The Morgan fingerprint density at radius 1 is 1.21 bits per heavy atom. The third-order valence-electron chi connectivity index (χ3n) is 9.03. The number of fused-ring (bicyclic) bond motifs is 2. The molecular weight excluding hydrogens is 578 g/mol. The molecular formula is C29H39N5O6S2. The fourth-order valence-electron chi connectivity index (χ4n) is 6.56. The van der Waals surface area contributed by atoms with E-state index in [0.29, 0.717) is 25.0 Å². The molecule has 3 heterocycles. The molecule has 6 unspecified atom stereocenters. The number of aromatic nitrogens is 1. The normalized spacial score (nSPS) is 26.4. The number of rotatable bonds is 9. The number of sulfonamides is 1. The lowest BCUT2D eigenvalue weighted by Crippen LogP contribution is -2.60. The monoisotopic (exact) mass is 617 g/mol. The van der Waals surface area contributed by atoms with E-state index in [1.807, 2.05) is 38.1 Å². The van der Waals surface area contributed by atoms with E-state index in [1.165, 1.54) is 16.2 Å². The second kappa shape index (κ2) is 10.7. The number of hydrogen-bond donors (Lipinski definition) is 3. The Balaban J connectivity index is 1.44. The van der Waals surface area contributed by atoms with E-state index in [-0.39, 0.29) is 40.4 Å². The molecule has 3 aliphatic rings. The number of thiazole rings is 1. The zero-order chi connectivity index (χ0) is 30.8. The zero-order valence-electron chi connectivity index (χ0n) is 24.8. The molecule has 11 nitrogen and oxygen atoms in total. The minimum atomic E-state index is -3.72. The summed E-state index contributed by atoms with van der Waals surface area (Å²) < 4.78 is 27.7. The summed E-state index contributed by atoms with van der Waals surface area (Å²) in [6, 6.07) is 4.40. The number of carbonyl (C=O) groups excluding carboxylic acids is 4. The number of carbonyl (C=O) groups is 4. The molecule has 3 fully saturated rings. The predicted octanol–water partition coefficient (Wildman–Crippen LogP) is 1.94. The molecule has 1 aromatic heterocycles. The van der Waals surface area contributed by atoms with Crippen molar-refractivity contribution in [3.05, 3.63) is 29.3 Å². The van der Waals surface area contributed by atoms with Crippen LogP contribution in [0.15, 0.2) is 24.3 Å². The second-order valence-corrected chi connectivity index (χ2v) is 16.3. The van der Waals surface area contributed by atoms with E-state index >= 15 is 0 Å². The number of ketones is 1. The molecule has 13 heteroatoms. The van der Waals surface area contributed by atoms with Crippen LogP contribution in [0, 0.1) is 28.6 Å². The molecule has 2 aliphatic heterocycles. The van der Waals surface area contributed by atoms with E-state index in [2.05, 4.69) is 20.3 Å². The highest BCUT2D eigenvalue weighted by molar-refractivity contribution is 7.88. The molecule has 42 heavy (non-hydrogen) atoms. The Kier molecular flexibility index (Phi) is 7.76. The molecule has 0 spiro atoms. The minimum Gasteiger partial charge on any atom is -0.356 e. The highest BCUT2D eigenvalue weighted by Crippen LogP contribution is 2.65. The van der Waals surface area contributed by atoms with Crippen LogP contribution >= 0.6 is 11.3 Å². The first-order chi connectivity index (χ1) is 19.5. The van der Waals surface area contributed by atoms with Crippen LogP contribution in [0.3, 0.4) is 0 Å². The van der Waals surface area contributed by atoms with Gasteiger partial charge < -0.3 is 15.5 Å². The van der Waals surface area contributed by atoms with E-state index in [1.54, 1.807) is 20.8 Å². The lowest BCUT2D eigenvalue weighted by molar-refractivity contribution is -0.143. The van der Waals surface area contributed by atoms with E-state index in [4.69, 9.17) is 0 Å². The fourth-order valence-corrected chi connectivity index (χ4v) is 8.40. The number of hydrogen-bond acceptors (Lipinski definition) is 8. The van der Waals surface area contributed by atoms with Crippen LogP contribution in [-0.4, -0.2) is 79.3 Å². The summed E-state index contributed by atoms with van der Waals surface area (Å²) >= 11 is 1.24. The van der Waals surface area contributed by atoms with Crippen molar-refractivity contribution in [3.8, 4) is 0 Å². The molecule has 2 aromatic rings. The number of likely N-dealkylation sites (tertiary alicyclic amines) is 1. The Hall–Kier alpha value is -2.90. The quantitative estimate of drug-likeness (QED) is 0.363. The summed E-state index contributed by atoms with van der Waals surface area (Å²) in [4.78, 5) is 60.3. The number of piperidine rings is 1. The molecule has 228 valence electrons. The maximum absolute atomic E-state index is 14.1. The van der Waals surface area contributed by atoms with Crippen molar-refractivity contribution in [2.45, 2.75) is 65.6 Å². The van der Waals surface area contributed by atoms with Crippen molar-refractivity contribution in [3.63, 3.8) is 0 Å². The molecule has 0 radical (unpaired) electrons. The topological polar surface area (TPSA) is 155 Å². The standard InChI is InChI=1S/C29H39N5O6S2/c1-28(2,3)23(33-42(6,39)40)27(38)34-14-16-20(29(16,4)5)21(34)25(37)31-18(13-15-11-12-30-24(15)36)22(35)26-32-17-9-7-8-10-19(17)41-26/h7-10,15-16,18,20-21,23,33H,11-14H2,1-6H3,(H,30,36)(H,31,37). The maximum atomic E-state index is 14.1. The lowest BCUT2D eigenvalue weighted by atomic mass is 9.86. The van der Waals surface area contributed by atoms with E-state index in [0.717, 1.165) is 11.0 Å². The predicted molar refractivity (Wildman–Crippen MR) is 159 cm³/mol. The van der Waals surface area contributed by atoms with Crippen molar-refractivity contribution in [1.29, 1.82) is 0 Å². The number of Topliss-reactive ketones (excluding diaryl/α,β-unsaturated/α-hetero) is 1. The third-order valence-corrected chi connectivity index (χ3v) is 10.7. The molecule has 3 N–H and O–H groups in total. The molecule has 1 aliphatic carbocycles. The van der Waals surface area contributed by atoms with Gasteiger partial charge in [-0.05, 0) is 47.6 Å². The van der Waals surface area contributed by atoms with Crippen LogP contribution in [0.2, 0.25) is 0 Å². The summed E-state index contributed by atoms with van der Waals surface area (Å²) in [5, 5.41) is 5.96. The summed E-state index contributed by atoms with van der Waals surface area (Å²) in [6.07, 6.45) is 1.67. The SMILES string of the molecule is CC(C)(C)C(NS(C)(=O)=O)C(=O)N1CC2C(C1C(=O)NC(CC1CCNC1=O)C(=O)c1nc3ccccc3s1)C2(C)C. The average Bonchev–Trinajstić information content (AvgIpc) is 3.40.